The first-order valence-electron chi connectivity index (χ1n) is 8.42. The first-order valence-corrected chi connectivity index (χ1v) is 8.80. The fourth-order valence-electron chi connectivity index (χ4n) is 2.57. The molecule has 0 heterocycles. The maximum absolute atomic E-state index is 12.1. The van der Waals surface area contributed by atoms with Gasteiger partial charge in [-0.3, -0.25) is 4.79 Å². The maximum Gasteiger partial charge on any atom is 0.338 e. The number of ether oxygens (including phenoxy) is 1. The van der Waals surface area contributed by atoms with Crippen molar-refractivity contribution in [2.75, 3.05) is 11.9 Å². The molecule has 0 saturated heterocycles. The van der Waals surface area contributed by atoms with Crippen molar-refractivity contribution in [2.45, 2.75) is 6.92 Å². The number of carbonyl (C=O) groups excluding carboxylic acids is 2. The molecule has 27 heavy (non-hydrogen) atoms. The van der Waals surface area contributed by atoms with Gasteiger partial charge in [0.25, 0.3) is 5.91 Å². The summed E-state index contributed by atoms with van der Waals surface area (Å²) in [6.07, 6.45) is 0. The second-order valence-corrected chi connectivity index (χ2v) is 6.39. The second kappa shape index (κ2) is 8.52. The average Bonchev–Trinajstić information content (AvgIpc) is 2.70. The first kappa shape index (κ1) is 18.7. The predicted molar refractivity (Wildman–Crippen MR) is 107 cm³/mol. The van der Waals surface area contributed by atoms with E-state index in [1.807, 2.05) is 42.5 Å². The van der Waals surface area contributed by atoms with Gasteiger partial charge in [-0.25, -0.2) is 4.79 Å². The van der Waals surface area contributed by atoms with Crippen molar-refractivity contribution in [1.29, 1.82) is 0 Å². The van der Waals surface area contributed by atoms with Crippen LogP contribution in [0.15, 0.2) is 72.8 Å². The van der Waals surface area contributed by atoms with Crippen molar-refractivity contribution in [3.8, 4) is 11.1 Å². The molecular weight excluding hydrogens is 362 g/mol. The molecule has 0 aromatic heterocycles. The highest BCUT2D eigenvalue weighted by Gasteiger charge is 2.12. The molecule has 3 aromatic rings. The van der Waals surface area contributed by atoms with Crippen LogP contribution in [0.2, 0.25) is 5.02 Å². The van der Waals surface area contributed by atoms with E-state index in [-0.39, 0.29) is 6.61 Å². The SMILES string of the molecule is Cc1c(Cl)cccc1NC(=O)COC(=O)c1ccc(-c2ccccc2)cc1. The number of rotatable bonds is 5. The van der Waals surface area contributed by atoms with Crippen LogP contribution in [-0.2, 0) is 9.53 Å². The lowest BCUT2D eigenvalue weighted by Crippen LogP contribution is -2.21. The molecular formula is C22H18ClNO3. The van der Waals surface area contributed by atoms with E-state index in [4.69, 9.17) is 16.3 Å². The Morgan fingerprint density at radius 3 is 2.26 bits per heavy atom. The smallest absolute Gasteiger partial charge is 0.338 e. The van der Waals surface area contributed by atoms with Gasteiger partial charge in [-0.15, -0.1) is 0 Å². The van der Waals surface area contributed by atoms with Crippen LogP contribution < -0.4 is 5.32 Å². The molecule has 0 aliphatic rings. The molecule has 0 fully saturated rings. The number of anilines is 1. The molecule has 5 heteroatoms. The minimum atomic E-state index is -0.549. The van der Waals surface area contributed by atoms with Crippen molar-refractivity contribution in [3.05, 3.63) is 88.9 Å². The molecule has 136 valence electrons. The van der Waals surface area contributed by atoms with Gasteiger partial charge in [-0.05, 0) is 47.9 Å². The molecule has 0 atom stereocenters. The van der Waals surface area contributed by atoms with Gasteiger partial charge >= 0.3 is 5.97 Å². The van der Waals surface area contributed by atoms with Crippen molar-refractivity contribution < 1.29 is 14.3 Å². The number of amides is 1. The van der Waals surface area contributed by atoms with Gasteiger partial charge in [0.2, 0.25) is 0 Å². The number of carbonyl (C=O) groups is 2. The number of hydrogen-bond acceptors (Lipinski definition) is 3. The lowest BCUT2D eigenvalue weighted by Gasteiger charge is -2.10. The molecule has 0 aliphatic carbocycles. The summed E-state index contributed by atoms with van der Waals surface area (Å²) in [6, 6.07) is 22.1. The largest absolute Gasteiger partial charge is 0.452 e. The monoisotopic (exact) mass is 379 g/mol. The highest BCUT2D eigenvalue weighted by atomic mass is 35.5. The van der Waals surface area contributed by atoms with E-state index in [0.717, 1.165) is 16.7 Å². The number of benzene rings is 3. The maximum atomic E-state index is 12.1. The van der Waals surface area contributed by atoms with Crippen LogP contribution in [0.25, 0.3) is 11.1 Å². The van der Waals surface area contributed by atoms with E-state index in [1.54, 1.807) is 37.3 Å². The summed E-state index contributed by atoms with van der Waals surface area (Å²) in [7, 11) is 0. The number of nitrogens with one attached hydrogen (secondary N) is 1. The Kier molecular flexibility index (Phi) is 5.89. The Hall–Kier alpha value is -3.11. The minimum Gasteiger partial charge on any atom is -0.452 e. The molecule has 3 rings (SSSR count). The van der Waals surface area contributed by atoms with Gasteiger partial charge in [0.05, 0.1) is 5.56 Å². The third-order valence-corrected chi connectivity index (χ3v) is 4.51. The van der Waals surface area contributed by atoms with Crippen molar-refractivity contribution in [3.63, 3.8) is 0 Å². The van der Waals surface area contributed by atoms with Crippen LogP contribution in [-0.4, -0.2) is 18.5 Å². The number of esters is 1. The summed E-state index contributed by atoms with van der Waals surface area (Å²) in [5.41, 5.74) is 3.81. The minimum absolute atomic E-state index is 0.370. The Morgan fingerprint density at radius 1 is 0.889 bits per heavy atom. The van der Waals surface area contributed by atoms with Crippen molar-refractivity contribution >= 4 is 29.2 Å². The zero-order valence-electron chi connectivity index (χ0n) is 14.7. The third kappa shape index (κ3) is 4.74. The van der Waals surface area contributed by atoms with Crippen LogP contribution in [0.5, 0.6) is 0 Å². The number of halogens is 1. The van der Waals surface area contributed by atoms with Gasteiger partial charge in [-0.2, -0.15) is 0 Å². The van der Waals surface area contributed by atoms with E-state index < -0.39 is 11.9 Å². The van der Waals surface area contributed by atoms with Gasteiger partial charge in [0.1, 0.15) is 0 Å². The topological polar surface area (TPSA) is 55.4 Å². The predicted octanol–water partition coefficient (Wildman–Crippen LogP) is 5.11. The molecule has 0 saturated carbocycles. The second-order valence-electron chi connectivity index (χ2n) is 5.98. The summed E-state index contributed by atoms with van der Waals surface area (Å²) in [6.45, 7) is 1.43. The third-order valence-electron chi connectivity index (χ3n) is 4.10. The Labute approximate surface area is 162 Å². The molecule has 3 aromatic carbocycles. The molecule has 0 unspecified atom stereocenters. The lowest BCUT2D eigenvalue weighted by atomic mass is 10.0. The number of hydrogen-bond donors (Lipinski definition) is 1. The summed E-state index contributed by atoms with van der Waals surface area (Å²) < 4.78 is 5.09. The van der Waals surface area contributed by atoms with Gasteiger partial charge in [-0.1, -0.05) is 60.1 Å². The standard InChI is InChI=1S/C22H18ClNO3/c1-15-19(23)8-5-9-20(15)24-21(25)14-27-22(26)18-12-10-17(11-13-18)16-6-3-2-4-7-16/h2-13H,14H2,1H3,(H,24,25). The molecule has 4 nitrogen and oxygen atoms in total. The van der Waals surface area contributed by atoms with Crippen LogP contribution in [0.3, 0.4) is 0 Å². The summed E-state index contributed by atoms with van der Waals surface area (Å²) in [4.78, 5) is 24.2. The van der Waals surface area contributed by atoms with E-state index in [1.165, 1.54) is 0 Å². The molecule has 0 spiro atoms. The summed E-state index contributed by atoms with van der Waals surface area (Å²) in [5.74, 6) is -0.970. The average molecular weight is 380 g/mol. The van der Waals surface area contributed by atoms with Crippen molar-refractivity contribution in [2.24, 2.45) is 0 Å². The molecule has 0 bridgehead atoms. The Morgan fingerprint density at radius 2 is 1.56 bits per heavy atom. The lowest BCUT2D eigenvalue weighted by molar-refractivity contribution is -0.119. The van der Waals surface area contributed by atoms with E-state index in [0.29, 0.717) is 16.3 Å². The van der Waals surface area contributed by atoms with Gasteiger partial charge in [0.15, 0.2) is 6.61 Å². The molecule has 1 N–H and O–H groups in total. The zero-order valence-corrected chi connectivity index (χ0v) is 15.5. The van der Waals surface area contributed by atoms with Gasteiger partial charge < -0.3 is 10.1 Å². The summed E-state index contributed by atoms with van der Waals surface area (Å²) in [5, 5.41) is 3.25. The fourth-order valence-corrected chi connectivity index (χ4v) is 2.75. The van der Waals surface area contributed by atoms with Gasteiger partial charge in [0, 0.05) is 10.7 Å². The van der Waals surface area contributed by atoms with Crippen LogP contribution >= 0.6 is 11.6 Å². The van der Waals surface area contributed by atoms with Crippen molar-refractivity contribution in [1.82, 2.24) is 0 Å². The fraction of sp³-hybridized carbons (Fsp3) is 0.0909. The zero-order chi connectivity index (χ0) is 19.2. The van der Waals surface area contributed by atoms with E-state index >= 15 is 0 Å². The van der Waals surface area contributed by atoms with E-state index in [2.05, 4.69) is 5.32 Å². The van der Waals surface area contributed by atoms with Crippen LogP contribution in [0.4, 0.5) is 5.69 Å². The normalized spacial score (nSPS) is 10.3. The molecule has 0 aliphatic heterocycles. The Bertz CT molecular complexity index is 953. The highest BCUT2D eigenvalue weighted by molar-refractivity contribution is 6.31. The van der Waals surface area contributed by atoms with Crippen LogP contribution in [0.1, 0.15) is 15.9 Å². The molecule has 0 radical (unpaired) electrons. The van der Waals surface area contributed by atoms with Crippen LogP contribution in [0, 0.1) is 6.92 Å². The highest BCUT2D eigenvalue weighted by Crippen LogP contribution is 2.23. The summed E-state index contributed by atoms with van der Waals surface area (Å²) >= 11 is 6.03. The quantitative estimate of drug-likeness (QED) is 0.626. The molecule has 1 amide bonds. The Balaban J connectivity index is 1.57. The first-order chi connectivity index (χ1) is 13.0. The van der Waals surface area contributed by atoms with E-state index in [9.17, 15) is 9.59 Å².